The number of carbonyl (C=O) groups excluding carboxylic acids is 2. The maximum absolute atomic E-state index is 11.2. The minimum atomic E-state index is -0.426. The molecule has 5 heteroatoms. The van der Waals surface area contributed by atoms with E-state index in [4.69, 9.17) is 0 Å². The number of imide groups is 1. The molecule has 2 aliphatic rings. The zero-order valence-corrected chi connectivity index (χ0v) is 6.39. The first-order valence-electron chi connectivity index (χ1n) is 3.80. The lowest BCUT2D eigenvalue weighted by Gasteiger charge is -2.28. The van der Waals surface area contributed by atoms with Gasteiger partial charge in [-0.3, -0.25) is 10.1 Å². The van der Waals surface area contributed by atoms with Gasteiger partial charge in [0.1, 0.15) is 0 Å². The predicted octanol–water partition coefficient (Wildman–Crippen LogP) is -1.07. The second kappa shape index (κ2) is 2.60. The molecule has 1 atom stereocenters. The Morgan fingerprint density at radius 2 is 2.17 bits per heavy atom. The smallest absolute Gasteiger partial charge is 0.312 e. The first-order chi connectivity index (χ1) is 5.77. The highest BCUT2D eigenvalue weighted by molar-refractivity contribution is 6.00. The summed E-state index contributed by atoms with van der Waals surface area (Å²) in [6.45, 7) is 1.30. The van der Waals surface area contributed by atoms with Crippen molar-refractivity contribution in [2.45, 2.75) is 0 Å². The van der Waals surface area contributed by atoms with Crippen molar-refractivity contribution < 1.29 is 9.59 Å². The molecule has 5 nitrogen and oxygen atoms in total. The molecule has 0 spiro atoms. The number of amides is 3. The molecule has 0 bridgehead atoms. The van der Waals surface area contributed by atoms with Crippen LogP contribution in [0.25, 0.3) is 0 Å². The van der Waals surface area contributed by atoms with Crippen LogP contribution in [0.4, 0.5) is 4.79 Å². The maximum Gasteiger partial charge on any atom is 0.325 e. The third-order valence-corrected chi connectivity index (χ3v) is 2.00. The van der Waals surface area contributed by atoms with Crippen molar-refractivity contribution in [1.82, 2.24) is 16.0 Å². The molecule has 12 heavy (non-hydrogen) atoms. The van der Waals surface area contributed by atoms with Crippen molar-refractivity contribution in [3.8, 4) is 0 Å². The minimum absolute atomic E-state index is 0.225. The summed E-state index contributed by atoms with van der Waals surface area (Å²) in [4.78, 5) is 22.0. The number of carbonyl (C=O) groups is 2. The molecule has 3 N–H and O–H groups in total. The van der Waals surface area contributed by atoms with Crippen molar-refractivity contribution in [3.63, 3.8) is 0 Å². The monoisotopic (exact) mass is 167 g/mol. The second-order valence-electron chi connectivity index (χ2n) is 2.81. The van der Waals surface area contributed by atoms with Crippen molar-refractivity contribution >= 4 is 11.9 Å². The van der Waals surface area contributed by atoms with Crippen LogP contribution in [0, 0.1) is 5.92 Å². The van der Waals surface area contributed by atoms with Gasteiger partial charge in [-0.15, -0.1) is 0 Å². The molecule has 1 unspecified atom stereocenters. The van der Waals surface area contributed by atoms with Crippen LogP contribution in [0.3, 0.4) is 0 Å². The lowest BCUT2D eigenvalue weighted by atomic mass is 10.00. The molecule has 0 aromatic heterocycles. The lowest BCUT2D eigenvalue weighted by molar-refractivity contribution is -0.123. The summed E-state index contributed by atoms with van der Waals surface area (Å²) in [5, 5.41) is 7.85. The van der Waals surface area contributed by atoms with Gasteiger partial charge < -0.3 is 10.6 Å². The molecule has 2 rings (SSSR count). The molecular formula is C7H9N3O2. The van der Waals surface area contributed by atoms with Gasteiger partial charge in [0.2, 0.25) is 5.91 Å². The molecule has 2 heterocycles. The van der Waals surface area contributed by atoms with Crippen molar-refractivity contribution in [2.75, 3.05) is 13.1 Å². The van der Waals surface area contributed by atoms with Crippen LogP contribution < -0.4 is 16.0 Å². The van der Waals surface area contributed by atoms with E-state index in [9.17, 15) is 9.59 Å². The molecule has 0 saturated carbocycles. The Kier molecular flexibility index (Phi) is 1.58. The van der Waals surface area contributed by atoms with E-state index in [0.29, 0.717) is 13.1 Å². The standard InChI is InChI=1S/C7H9N3O2/c11-6-4-3-8-2-1-5(4)9-7(12)10-6/h1,4,8H,2-3H2,(H2,9,10,11,12). The maximum atomic E-state index is 11.2. The normalized spacial score (nSPS) is 28.3. The first-order valence-corrected chi connectivity index (χ1v) is 3.80. The quantitative estimate of drug-likeness (QED) is 0.430. The topological polar surface area (TPSA) is 70.2 Å². The van der Waals surface area contributed by atoms with E-state index in [1.807, 2.05) is 6.08 Å². The van der Waals surface area contributed by atoms with Gasteiger partial charge in [0.25, 0.3) is 0 Å². The van der Waals surface area contributed by atoms with Crippen LogP contribution in [0.5, 0.6) is 0 Å². The van der Waals surface area contributed by atoms with Gasteiger partial charge in [0.15, 0.2) is 0 Å². The number of nitrogens with one attached hydrogen (secondary N) is 3. The molecule has 64 valence electrons. The summed E-state index contributed by atoms with van der Waals surface area (Å²) in [5.74, 6) is -0.450. The first kappa shape index (κ1) is 7.30. The van der Waals surface area contributed by atoms with E-state index in [1.54, 1.807) is 0 Å². The van der Waals surface area contributed by atoms with Gasteiger partial charge in [-0.1, -0.05) is 6.08 Å². The molecule has 0 aliphatic carbocycles. The molecule has 3 amide bonds. The second-order valence-corrected chi connectivity index (χ2v) is 2.81. The van der Waals surface area contributed by atoms with Crippen LogP contribution in [-0.2, 0) is 4.79 Å². The Morgan fingerprint density at radius 1 is 1.33 bits per heavy atom. The van der Waals surface area contributed by atoms with Crippen LogP contribution in [-0.4, -0.2) is 25.0 Å². The van der Waals surface area contributed by atoms with E-state index < -0.39 is 6.03 Å². The molecular weight excluding hydrogens is 158 g/mol. The summed E-state index contributed by atoms with van der Waals surface area (Å²) in [6, 6.07) is -0.426. The highest BCUT2D eigenvalue weighted by Crippen LogP contribution is 2.13. The highest BCUT2D eigenvalue weighted by Gasteiger charge is 2.31. The van der Waals surface area contributed by atoms with Gasteiger partial charge >= 0.3 is 6.03 Å². The number of rotatable bonds is 0. The molecule has 0 aromatic rings. The van der Waals surface area contributed by atoms with E-state index in [0.717, 1.165) is 5.70 Å². The van der Waals surface area contributed by atoms with Crippen LogP contribution >= 0.6 is 0 Å². The largest absolute Gasteiger partial charge is 0.325 e. The van der Waals surface area contributed by atoms with Gasteiger partial charge in [0.05, 0.1) is 5.92 Å². The van der Waals surface area contributed by atoms with Gasteiger partial charge in [-0.05, 0) is 0 Å². The highest BCUT2D eigenvalue weighted by atomic mass is 16.2. The Morgan fingerprint density at radius 3 is 3.00 bits per heavy atom. The third-order valence-electron chi connectivity index (χ3n) is 2.00. The van der Waals surface area contributed by atoms with E-state index in [2.05, 4.69) is 16.0 Å². The van der Waals surface area contributed by atoms with Crippen molar-refractivity contribution in [1.29, 1.82) is 0 Å². The summed E-state index contributed by atoms with van der Waals surface area (Å²) in [5.41, 5.74) is 0.725. The van der Waals surface area contributed by atoms with Crippen LogP contribution in [0.15, 0.2) is 11.8 Å². The third kappa shape index (κ3) is 1.08. The summed E-state index contributed by atoms with van der Waals surface area (Å²) in [6.07, 6.45) is 1.82. The summed E-state index contributed by atoms with van der Waals surface area (Å²) >= 11 is 0. The van der Waals surface area contributed by atoms with Gasteiger partial charge in [-0.25, -0.2) is 4.79 Å². The molecule has 1 saturated heterocycles. The van der Waals surface area contributed by atoms with E-state index >= 15 is 0 Å². The zero-order chi connectivity index (χ0) is 8.55. The molecule has 0 aromatic carbocycles. The Bertz CT molecular complexity index is 272. The van der Waals surface area contributed by atoms with Crippen molar-refractivity contribution in [2.24, 2.45) is 5.92 Å². The number of urea groups is 1. The Balaban J connectivity index is 2.25. The fourth-order valence-corrected chi connectivity index (χ4v) is 1.40. The van der Waals surface area contributed by atoms with Gasteiger partial charge in [-0.2, -0.15) is 0 Å². The minimum Gasteiger partial charge on any atom is -0.312 e. The van der Waals surface area contributed by atoms with E-state index in [1.165, 1.54) is 0 Å². The molecule has 2 aliphatic heterocycles. The molecule has 1 fully saturated rings. The van der Waals surface area contributed by atoms with Crippen LogP contribution in [0.2, 0.25) is 0 Å². The summed E-state index contributed by atoms with van der Waals surface area (Å²) in [7, 11) is 0. The number of hydrogen-bond donors (Lipinski definition) is 3. The lowest BCUT2D eigenvalue weighted by Crippen LogP contribution is -2.54. The SMILES string of the molecule is O=C1NC(=O)C2CNCC=C2N1. The van der Waals surface area contributed by atoms with Crippen molar-refractivity contribution in [3.05, 3.63) is 11.8 Å². The zero-order valence-electron chi connectivity index (χ0n) is 6.39. The Hall–Kier alpha value is -1.36. The average molecular weight is 167 g/mol. The fraction of sp³-hybridized carbons (Fsp3) is 0.429. The molecule has 0 radical (unpaired) electrons. The summed E-state index contributed by atoms with van der Waals surface area (Å²) < 4.78 is 0. The predicted molar refractivity (Wildman–Crippen MR) is 41.1 cm³/mol. The fourth-order valence-electron chi connectivity index (χ4n) is 1.40. The number of hydrogen-bond acceptors (Lipinski definition) is 3. The average Bonchev–Trinajstić information content (AvgIpc) is 2.04. The van der Waals surface area contributed by atoms with Gasteiger partial charge in [0, 0.05) is 18.8 Å². The van der Waals surface area contributed by atoms with Crippen LogP contribution in [0.1, 0.15) is 0 Å². The Labute approximate surface area is 69.2 Å². The number of fused-ring (bicyclic) bond motifs is 1. The van der Waals surface area contributed by atoms with E-state index in [-0.39, 0.29) is 11.8 Å².